The van der Waals surface area contributed by atoms with E-state index < -0.39 is 5.82 Å². The van der Waals surface area contributed by atoms with E-state index in [4.69, 9.17) is 10.6 Å². The molecule has 1 rings (SSSR count). The van der Waals surface area contributed by atoms with Crippen molar-refractivity contribution >= 4 is 6.08 Å². The number of phenolic OH excluding ortho intramolecular Hbond substituents is 1. The van der Waals surface area contributed by atoms with Gasteiger partial charge in [0.05, 0.1) is 0 Å². The number of hydrogen-bond donors (Lipinski definition) is 1. The summed E-state index contributed by atoms with van der Waals surface area (Å²) in [6.45, 7) is 0.158. The molecule has 5 heteroatoms. The molecule has 14 heavy (non-hydrogen) atoms. The molecule has 0 amide bonds. The quantitative estimate of drug-likeness (QED) is 0.447. The molecule has 0 saturated carbocycles. The average Bonchev–Trinajstić information content (AvgIpc) is 2.18. The van der Waals surface area contributed by atoms with Gasteiger partial charge in [0.2, 0.25) is 0 Å². The van der Waals surface area contributed by atoms with E-state index >= 15 is 0 Å². The molecule has 0 spiro atoms. The number of phenols is 1. The van der Waals surface area contributed by atoms with E-state index in [1.165, 1.54) is 30.4 Å². The summed E-state index contributed by atoms with van der Waals surface area (Å²) in [6, 6.07) is 3.73. The summed E-state index contributed by atoms with van der Waals surface area (Å²) in [5, 5.41) is 12.3. The maximum absolute atomic E-state index is 13.0. The first kappa shape index (κ1) is 10.1. The molecule has 0 aliphatic heterocycles. The zero-order chi connectivity index (χ0) is 10.4. The van der Waals surface area contributed by atoms with Gasteiger partial charge >= 0.3 is 0 Å². The summed E-state index contributed by atoms with van der Waals surface area (Å²) in [6.07, 6.45) is 2.96. The van der Waals surface area contributed by atoms with Gasteiger partial charge in [-0.25, -0.2) is 4.39 Å². The highest BCUT2D eigenvalue weighted by Crippen LogP contribution is 2.16. The molecule has 1 aromatic rings. The molecule has 0 atom stereocenters. The third kappa shape index (κ3) is 2.80. The molecule has 0 fully saturated rings. The van der Waals surface area contributed by atoms with E-state index in [-0.39, 0.29) is 17.9 Å². The number of azide groups is 1. The van der Waals surface area contributed by atoms with E-state index in [0.717, 1.165) is 0 Å². The molecule has 0 radical (unpaired) electrons. The van der Waals surface area contributed by atoms with Gasteiger partial charge < -0.3 is 5.11 Å². The van der Waals surface area contributed by atoms with Gasteiger partial charge in [0.15, 0.2) is 0 Å². The summed E-state index contributed by atoms with van der Waals surface area (Å²) in [7, 11) is 0. The Labute approximate surface area is 79.9 Å². The fraction of sp³-hybridized carbons (Fsp3) is 0.111. The maximum atomic E-state index is 13.0. The van der Waals surface area contributed by atoms with Crippen LogP contribution in [0.5, 0.6) is 5.75 Å². The van der Waals surface area contributed by atoms with Gasteiger partial charge in [-0.1, -0.05) is 17.3 Å². The van der Waals surface area contributed by atoms with Crippen LogP contribution in [0, 0.1) is 5.82 Å². The zero-order valence-electron chi connectivity index (χ0n) is 7.26. The predicted molar refractivity (Wildman–Crippen MR) is 51.1 cm³/mol. The normalized spacial score (nSPS) is 10.1. The van der Waals surface area contributed by atoms with Crippen LogP contribution < -0.4 is 0 Å². The van der Waals surface area contributed by atoms with E-state index in [2.05, 4.69) is 10.0 Å². The topological polar surface area (TPSA) is 69.0 Å². The lowest BCUT2D eigenvalue weighted by Gasteiger charge is -1.96. The van der Waals surface area contributed by atoms with Gasteiger partial charge in [-0.15, -0.1) is 0 Å². The Morgan fingerprint density at radius 1 is 1.57 bits per heavy atom. The number of nitrogens with zero attached hydrogens (tertiary/aromatic N) is 3. The Balaban J connectivity index is 2.79. The highest BCUT2D eigenvalue weighted by atomic mass is 19.1. The Morgan fingerprint density at radius 3 is 3.07 bits per heavy atom. The van der Waals surface area contributed by atoms with Gasteiger partial charge in [0.1, 0.15) is 11.6 Å². The molecule has 0 aliphatic rings. The van der Waals surface area contributed by atoms with Gasteiger partial charge in [-0.3, -0.25) is 0 Å². The first-order valence-electron chi connectivity index (χ1n) is 3.90. The second-order valence-corrected chi connectivity index (χ2v) is 2.52. The number of rotatable bonds is 3. The molecule has 0 aromatic heterocycles. The standard InChI is InChI=1S/C9H8FN3O/c10-9-4-3-8(14)6-7(9)2-1-5-12-13-11/h1-4,6,14H,5H2. The largest absolute Gasteiger partial charge is 0.508 e. The fourth-order valence-electron chi connectivity index (χ4n) is 0.922. The summed E-state index contributed by atoms with van der Waals surface area (Å²) in [4.78, 5) is 2.54. The Kier molecular flexibility index (Phi) is 3.52. The van der Waals surface area contributed by atoms with Crippen LogP contribution in [0.15, 0.2) is 29.4 Å². The minimum Gasteiger partial charge on any atom is -0.508 e. The second-order valence-electron chi connectivity index (χ2n) is 2.52. The molecule has 0 heterocycles. The molecular weight excluding hydrogens is 185 g/mol. The summed E-state index contributed by atoms with van der Waals surface area (Å²) >= 11 is 0. The molecule has 0 unspecified atom stereocenters. The highest BCUT2D eigenvalue weighted by Gasteiger charge is 1.98. The van der Waals surface area contributed by atoms with Crippen LogP contribution in [0.2, 0.25) is 0 Å². The monoisotopic (exact) mass is 193 g/mol. The second kappa shape index (κ2) is 4.89. The minimum absolute atomic E-state index is 0.00478. The van der Waals surface area contributed by atoms with Crippen molar-refractivity contribution in [2.45, 2.75) is 0 Å². The summed E-state index contributed by atoms with van der Waals surface area (Å²) in [5.41, 5.74) is 8.23. The number of hydrogen-bond acceptors (Lipinski definition) is 2. The summed E-state index contributed by atoms with van der Waals surface area (Å²) < 4.78 is 13.0. The van der Waals surface area contributed by atoms with Crippen LogP contribution in [0.4, 0.5) is 4.39 Å². The van der Waals surface area contributed by atoms with Crippen molar-refractivity contribution in [2.75, 3.05) is 6.54 Å². The molecule has 4 nitrogen and oxygen atoms in total. The van der Waals surface area contributed by atoms with Crippen LogP contribution in [-0.4, -0.2) is 11.7 Å². The molecule has 72 valence electrons. The Bertz CT molecular complexity index is 397. The Morgan fingerprint density at radius 2 is 2.36 bits per heavy atom. The van der Waals surface area contributed by atoms with E-state index in [1.807, 2.05) is 0 Å². The first-order chi connectivity index (χ1) is 6.74. The maximum Gasteiger partial charge on any atom is 0.130 e. The lowest BCUT2D eigenvalue weighted by Crippen LogP contribution is -1.81. The minimum atomic E-state index is -0.431. The lowest BCUT2D eigenvalue weighted by atomic mass is 10.2. The average molecular weight is 193 g/mol. The smallest absolute Gasteiger partial charge is 0.130 e. The van der Waals surface area contributed by atoms with Gasteiger partial charge in [0.25, 0.3) is 0 Å². The van der Waals surface area contributed by atoms with Gasteiger partial charge in [-0.2, -0.15) is 0 Å². The van der Waals surface area contributed by atoms with Crippen molar-refractivity contribution < 1.29 is 9.50 Å². The molecule has 1 aromatic carbocycles. The van der Waals surface area contributed by atoms with Crippen LogP contribution in [-0.2, 0) is 0 Å². The van der Waals surface area contributed by atoms with Crippen molar-refractivity contribution in [1.82, 2.24) is 0 Å². The van der Waals surface area contributed by atoms with Crippen molar-refractivity contribution in [3.05, 3.63) is 46.1 Å². The molecule has 1 N–H and O–H groups in total. The Hall–Kier alpha value is -2.00. The first-order valence-corrected chi connectivity index (χ1v) is 3.90. The third-order valence-electron chi connectivity index (χ3n) is 1.53. The molecule has 0 bridgehead atoms. The predicted octanol–water partition coefficient (Wildman–Crippen LogP) is 2.85. The summed E-state index contributed by atoms with van der Waals surface area (Å²) in [5.74, 6) is -0.435. The van der Waals surface area contributed by atoms with E-state index in [0.29, 0.717) is 0 Å². The number of aromatic hydroxyl groups is 1. The lowest BCUT2D eigenvalue weighted by molar-refractivity contribution is 0.473. The van der Waals surface area contributed by atoms with Crippen LogP contribution in [0.1, 0.15) is 5.56 Å². The van der Waals surface area contributed by atoms with Crippen LogP contribution in [0.3, 0.4) is 0 Å². The van der Waals surface area contributed by atoms with Gasteiger partial charge in [-0.05, 0) is 23.7 Å². The SMILES string of the molecule is [N-]=[N+]=NCC=Cc1cc(O)ccc1F. The van der Waals surface area contributed by atoms with Crippen LogP contribution >= 0.6 is 0 Å². The number of benzene rings is 1. The van der Waals surface area contributed by atoms with Gasteiger partial charge in [0, 0.05) is 17.0 Å². The van der Waals surface area contributed by atoms with Crippen molar-refractivity contribution in [3.8, 4) is 5.75 Å². The third-order valence-corrected chi connectivity index (χ3v) is 1.53. The fourth-order valence-corrected chi connectivity index (χ4v) is 0.922. The number of halogens is 1. The van der Waals surface area contributed by atoms with Crippen LogP contribution in [0.25, 0.3) is 16.5 Å². The molecular formula is C9H8FN3O. The molecule has 0 aliphatic carbocycles. The van der Waals surface area contributed by atoms with E-state index in [9.17, 15) is 4.39 Å². The van der Waals surface area contributed by atoms with Crippen molar-refractivity contribution in [2.24, 2.45) is 5.11 Å². The van der Waals surface area contributed by atoms with Crippen molar-refractivity contribution in [3.63, 3.8) is 0 Å². The van der Waals surface area contributed by atoms with Crippen molar-refractivity contribution in [1.29, 1.82) is 0 Å². The van der Waals surface area contributed by atoms with E-state index in [1.54, 1.807) is 0 Å². The highest BCUT2D eigenvalue weighted by molar-refractivity contribution is 5.52. The zero-order valence-corrected chi connectivity index (χ0v) is 7.26. The molecule has 0 saturated heterocycles.